The quantitative estimate of drug-likeness (QED) is 0.578. The van der Waals surface area contributed by atoms with Gasteiger partial charge >= 0.3 is 5.97 Å². The lowest BCUT2D eigenvalue weighted by Gasteiger charge is -2.29. The van der Waals surface area contributed by atoms with Crippen molar-refractivity contribution in [2.45, 2.75) is 32.3 Å². The summed E-state index contributed by atoms with van der Waals surface area (Å²) in [7, 11) is 1.25. The molecule has 96 valence electrons. The third-order valence-electron chi connectivity index (χ3n) is 2.40. The molecule has 0 aliphatic rings. The Morgan fingerprint density at radius 3 is 2.50 bits per heavy atom. The van der Waals surface area contributed by atoms with Crippen molar-refractivity contribution in [2.24, 2.45) is 0 Å². The van der Waals surface area contributed by atoms with E-state index in [0.717, 1.165) is 19.4 Å². The van der Waals surface area contributed by atoms with Crippen LogP contribution in [-0.4, -0.2) is 60.0 Å². The number of rotatable bonds is 8. The molecule has 2 N–H and O–H groups in total. The summed E-state index contributed by atoms with van der Waals surface area (Å²) in [6, 6.07) is 0. The zero-order valence-corrected chi connectivity index (χ0v) is 10.4. The topological polar surface area (TPSA) is 70.0 Å². The highest BCUT2D eigenvalue weighted by molar-refractivity contribution is 5.78. The Hall–Kier alpha value is -0.650. The number of aliphatic hydroxyl groups is 2. The fourth-order valence-electron chi connectivity index (χ4n) is 1.51. The van der Waals surface area contributed by atoms with Crippen LogP contribution in [0.3, 0.4) is 0 Å². The standard InChI is InChI=1S/C11H23NO4/c1-4-5-6-12(7-8-13)9-11(2,15)10(14)16-3/h13,15H,4-9H2,1-3H3. The van der Waals surface area contributed by atoms with Crippen LogP contribution in [0.4, 0.5) is 0 Å². The normalized spacial score (nSPS) is 14.9. The van der Waals surface area contributed by atoms with E-state index in [1.54, 1.807) is 0 Å². The minimum absolute atomic E-state index is 0.0148. The Morgan fingerprint density at radius 2 is 2.06 bits per heavy atom. The van der Waals surface area contributed by atoms with Crippen molar-refractivity contribution in [3.63, 3.8) is 0 Å². The van der Waals surface area contributed by atoms with Gasteiger partial charge in [-0.3, -0.25) is 4.90 Å². The van der Waals surface area contributed by atoms with E-state index in [9.17, 15) is 9.90 Å². The van der Waals surface area contributed by atoms with Gasteiger partial charge in [0.25, 0.3) is 0 Å². The summed E-state index contributed by atoms with van der Waals surface area (Å²) in [5, 5.41) is 18.8. The average molecular weight is 233 g/mol. The van der Waals surface area contributed by atoms with Crippen LogP contribution in [-0.2, 0) is 9.53 Å². The molecule has 0 aromatic heterocycles. The first-order valence-electron chi connectivity index (χ1n) is 5.62. The SMILES string of the molecule is CCCCN(CCO)CC(C)(O)C(=O)OC. The van der Waals surface area contributed by atoms with E-state index in [1.807, 2.05) is 4.90 Å². The van der Waals surface area contributed by atoms with E-state index >= 15 is 0 Å². The molecule has 5 heteroatoms. The molecule has 5 nitrogen and oxygen atoms in total. The number of esters is 1. The predicted octanol–water partition coefficient (Wildman–Crippen LogP) is 0.00480. The minimum Gasteiger partial charge on any atom is -0.467 e. The highest BCUT2D eigenvalue weighted by Gasteiger charge is 2.33. The molecule has 0 aromatic rings. The molecular formula is C11H23NO4. The second-order valence-corrected chi connectivity index (χ2v) is 4.12. The Kier molecular flexibility index (Phi) is 7.29. The zero-order chi connectivity index (χ0) is 12.6. The highest BCUT2D eigenvalue weighted by atomic mass is 16.5. The Labute approximate surface area is 97.0 Å². The smallest absolute Gasteiger partial charge is 0.338 e. The lowest BCUT2D eigenvalue weighted by Crippen LogP contribution is -2.48. The third kappa shape index (κ3) is 5.44. The van der Waals surface area contributed by atoms with Gasteiger partial charge in [0, 0.05) is 13.1 Å². The molecule has 0 fully saturated rings. The van der Waals surface area contributed by atoms with Crippen molar-refractivity contribution in [3.8, 4) is 0 Å². The van der Waals surface area contributed by atoms with Crippen molar-refractivity contribution in [1.82, 2.24) is 4.90 Å². The van der Waals surface area contributed by atoms with E-state index < -0.39 is 11.6 Å². The summed E-state index contributed by atoms with van der Waals surface area (Å²) in [5.74, 6) is -0.646. The Bertz CT molecular complexity index is 206. The molecule has 0 aromatic carbocycles. The van der Waals surface area contributed by atoms with Crippen molar-refractivity contribution in [2.75, 3.05) is 33.4 Å². The predicted molar refractivity (Wildman–Crippen MR) is 61.1 cm³/mol. The molecule has 0 aliphatic heterocycles. The first-order chi connectivity index (χ1) is 7.47. The van der Waals surface area contributed by atoms with Crippen LogP contribution in [0.2, 0.25) is 0 Å². The van der Waals surface area contributed by atoms with Crippen molar-refractivity contribution in [3.05, 3.63) is 0 Å². The Balaban J connectivity index is 4.29. The van der Waals surface area contributed by atoms with E-state index in [2.05, 4.69) is 11.7 Å². The van der Waals surface area contributed by atoms with Crippen molar-refractivity contribution >= 4 is 5.97 Å². The van der Waals surface area contributed by atoms with E-state index in [0.29, 0.717) is 6.54 Å². The number of methoxy groups -OCH3 is 1. The molecule has 0 heterocycles. The van der Waals surface area contributed by atoms with Gasteiger partial charge in [-0.1, -0.05) is 13.3 Å². The van der Waals surface area contributed by atoms with Gasteiger partial charge in [0.15, 0.2) is 5.60 Å². The second-order valence-electron chi connectivity index (χ2n) is 4.12. The molecule has 0 amide bonds. The van der Waals surface area contributed by atoms with Gasteiger partial charge in [-0.2, -0.15) is 0 Å². The van der Waals surface area contributed by atoms with Gasteiger partial charge in [0.2, 0.25) is 0 Å². The number of carbonyl (C=O) groups excluding carboxylic acids is 1. The lowest BCUT2D eigenvalue weighted by molar-refractivity contribution is -0.162. The van der Waals surface area contributed by atoms with Crippen LogP contribution in [0.25, 0.3) is 0 Å². The number of hydrogen-bond acceptors (Lipinski definition) is 5. The van der Waals surface area contributed by atoms with Gasteiger partial charge in [0.1, 0.15) is 0 Å². The summed E-state index contributed by atoms with van der Waals surface area (Å²) in [6.45, 7) is 4.89. The molecule has 1 unspecified atom stereocenters. The number of nitrogens with zero attached hydrogens (tertiary/aromatic N) is 1. The largest absolute Gasteiger partial charge is 0.467 e. The zero-order valence-electron chi connectivity index (χ0n) is 10.4. The number of ether oxygens (including phenoxy) is 1. The molecule has 1 atom stereocenters. The first-order valence-corrected chi connectivity index (χ1v) is 5.62. The lowest BCUT2D eigenvalue weighted by atomic mass is 10.1. The summed E-state index contributed by atoms with van der Waals surface area (Å²) >= 11 is 0. The summed E-state index contributed by atoms with van der Waals surface area (Å²) in [6.07, 6.45) is 2.00. The van der Waals surface area contributed by atoms with Crippen LogP contribution < -0.4 is 0 Å². The maximum absolute atomic E-state index is 11.3. The molecule has 0 bridgehead atoms. The molecule has 0 saturated carbocycles. The summed E-state index contributed by atoms with van der Waals surface area (Å²) in [5.41, 5.74) is -1.52. The van der Waals surface area contributed by atoms with Gasteiger partial charge in [-0.05, 0) is 19.9 Å². The maximum Gasteiger partial charge on any atom is 0.338 e. The maximum atomic E-state index is 11.3. The van der Waals surface area contributed by atoms with Gasteiger partial charge in [-0.25, -0.2) is 4.79 Å². The molecule has 0 rings (SSSR count). The fraction of sp³-hybridized carbons (Fsp3) is 0.909. The highest BCUT2D eigenvalue weighted by Crippen LogP contribution is 2.09. The number of hydrogen-bond donors (Lipinski definition) is 2. The Morgan fingerprint density at radius 1 is 1.44 bits per heavy atom. The molecule has 0 radical (unpaired) electrons. The van der Waals surface area contributed by atoms with E-state index in [1.165, 1.54) is 14.0 Å². The molecule has 16 heavy (non-hydrogen) atoms. The summed E-state index contributed by atoms with van der Waals surface area (Å²) in [4.78, 5) is 13.1. The van der Waals surface area contributed by atoms with E-state index in [-0.39, 0.29) is 13.2 Å². The van der Waals surface area contributed by atoms with Gasteiger partial charge < -0.3 is 14.9 Å². The van der Waals surface area contributed by atoms with Crippen molar-refractivity contribution < 1.29 is 19.7 Å². The molecule has 0 saturated heterocycles. The number of unbranched alkanes of at least 4 members (excludes halogenated alkanes) is 1. The van der Waals surface area contributed by atoms with E-state index in [4.69, 9.17) is 5.11 Å². The fourth-order valence-corrected chi connectivity index (χ4v) is 1.51. The minimum atomic E-state index is -1.52. The molecular weight excluding hydrogens is 210 g/mol. The number of carbonyl (C=O) groups is 1. The van der Waals surface area contributed by atoms with Crippen molar-refractivity contribution in [1.29, 1.82) is 0 Å². The average Bonchev–Trinajstić information content (AvgIpc) is 2.24. The van der Waals surface area contributed by atoms with Crippen LogP contribution in [0.5, 0.6) is 0 Å². The van der Waals surface area contributed by atoms with Crippen LogP contribution >= 0.6 is 0 Å². The summed E-state index contributed by atoms with van der Waals surface area (Å²) < 4.78 is 4.52. The second kappa shape index (κ2) is 7.60. The van der Waals surface area contributed by atoms with Gasteiger partial charge in [0.05, 0.1) is 13.7 Å². The molecule has 0 aliphatic carbocycles. The molecule has 0 spiro atoms. The monoisotopic (exact) mass is 233 g/mol. The number of aliphatic hydroxyl groups excluding tert-OH is 1. The van der Waals surface area contributed by atoms with Crippen LogP contribution in [0.15, 0.2) is 0 Å². The van der Waals surface area contributed by atoms with Crippen LogP contribution in [0, 0.1) is 0 Å². The third-order valence-corrected chi connectivity index (χ3v) is 2.40. The van der Waals surface area contributed by atoms with Gasteiger partial charge in [-0.15, -0.1) is 0 Å². The first kappa shape index (κ1) is 15.3. The van der Waals surface area contributed by atoms with Crippen LogP contribution in [0.1, 0.15) is 26.7 Å².